The van der Waals surface area contributed by atoms with Gasteiger partial charge in [-0.3, -0.25) is 0 Å². The quantitative estimate of drug-likeness (QED) is 0.0802. The third kappa shape index (κ3) is 13.6. The summed E-state index contributed by atoms with van der Waals surface area (Å²) in [4.78, 5) is 24.2. The van der Waals surface area contributed by atoms with Crippen LogP contribution in [0.15, 0.2) is 168 Å². The summed E-state index contributed by atoms with van der Waals surface area (Å²) in [6.07, 6.45) is 2.36. The molecule has 0 aliphatic heterocycles. The number of rotatable bonds is 16. The van der Waals surface area contributed by atoms with Gasteiger partial charge in [0.05, 0.1) is 9.79 Å². The average molecular weight is 941 g/mol. The molecule has 0 radical (unpaired) electrons. The number of anilines is 4. The van der Waals surface area contributed by atoms with Crippen molar-refractivity contribution in [3.05, 3.63) is 169 Å². The van der Waals surface area contributed by atoms with Crippen LogP contribution in [0.25, 0.3) is 12.2 Å². The Morgan fingerprint density at radius 2 is 0.667 bits per heavy atom. The third-order valence-electron chi connectivity index (χ3n) is 8.52. The largest absolute Gasteiger partial charge is 1.00 e. The fourth-order valence-electron chi connectivity index (χ4n) is 5.72. The smallest absolute Gasteiger partial charge is 0.744 e. The van der Waals surface area contributed by atoms with E-state index in [-0.39, 0.29) is 118 Å². The fourth-order valence-corrected chi connectivity index (χ4v) is 7.11. The zero-order valence-electron chi connectivity index (χ0n) is 34.7. The van der Waals surface area contributed by atoms with Gasteiger partial charge in [-0.15, -0.1) is 9.97 Å². The molecule has 0 unspecified atom stereocenters. The second kappa shape index (κ2) is 22.3. The normalized spacial score (nSPS) is 11.1. The van der Waals surface area contributed by atoms with Gasteiger partial charge in [-0.2, -0.15) is 19.9 Å². The van der Waals surface area contributed by atoms with Gasteiger partial charge in [-0.1, -0.05) is 97.1 Å². The molecule has 0 aliphatic carbocycles. The molecule has 2 heterocycles. The molecule has 0 atom stereocenters. The van der Waals surface area contributed by atoms with Crippen LogP contribution < -0.4 is 88.7 Å². The first-order valence-electron chi connectivity index (χ1n) is 18.8. The number of nitrogens with one attached hydrogen (secondary N) is 2. The van der Waals surface area contributed by atoms with Crippen LogP contribution in [0.1, 0.15) is 11.1 Å². The summed E-state index contributed by atoms with van der Waals surface area (Å²) >= 11 is 0. The van der Waals surface area contributed by atoms with Crippen LogP contribution in [0.2, 0.25) is 0 Å². The molecule has 0 bridgehead atoms. The summed E-state index contributed by atoms with van der Waals surface area (Å²) in [6, 6.07) is 41.5. The summed E-state index contributed by atoms with van der Waals surface area (Å²) in [5.74, 6) is 1.40. The first kappa shape index (κ1) is 49.1. The molecule has 2 aromatic heterocycles. The molecule has 2 N–H and O–H groups in total. The van der Waals surface area contributed by atoms with Crippen molar-refractivity contribution in [1.29, 1.82) is 0 Å². The van der Waals surface area contributed by atoms with Gasteiger partial charge in [0.1, 0.15) is 43.2 Å². The van der Waals surface area contributed by atoms with E-state index in [4.69, 9.17) is 18.9 Å². The van der Waals surface area contributed by atoms with Gasteiger partial charge < -0.3 is 38.7 Å². The first-order valence-corrected chi connectivity index (χ1v) is 21.6. The summed E-state index contributed by atoms with van der Waals surface area (Å²) in [5, 5.41) is 5.70. The molecule has 320 valence electrons. The van der Waals surface area contributed by atoms with Crippen LogP contribution in [-0.2, 0) is 20.2 Å². The number of para-hydroxylation sites is 4. The molecule has 8 aromatic rings. The zero-order valence-corrected chi connectivity index (χ0v) is 40.4. The molecular weight excluding hydrogens is 911 g/mol. The van der Waals surface area contributed by atoms with Gasteiger partial charge in [-0.25, -0.2) is 16.8 Å². The van der Waals surface area contributed by atoms with E-state index in [9.17, 15) is 25.9 Å². The molecule has 0 aliphatic rings. The summed E-state index contributed by atoms with van der Waals surface area (Å²) < 4.78 is 98.8. The number of hydrogen-bond acceptors (Lipinski definition) is 18. The molecule has 0 amide bonds. The van der Waals surface area contributed by atoms with Crippen LogP contribution in [0, 0.1) is 0 Å². The van der Waals surface area contributed by atoms with Gasteiger partial charge >= 0.3 is 83.2 Å². The van der Waals surface area contributed by atoms with Crippen LogP contribution in [0.3, 0.4) is 0 Å². The molecule has 0 spiro atoms. The summed E-state index contributed by atoms with van der Waals surface area (Å²) in [6.45, 7) is 0. The van der Waals surface area contributed by atoms with E-state index < -0.39 is 30.0 Å². The van der Waals surface area contributed by atoms with Crippen LogP contribution in [-0.4, -0.2) is 55.8 Å². The number of ether oxygens (including phenoxy) is 4. The van der Waals surface area contributed by atoms with Gasteiger partial charge in [0.2, 0.25) is 11.9 Å². The van der Waals surface area contributed by atoms with Gasteiger partial charge in [-0.05, 0) is 83.9 Å². The minimum absolute atomic E-state index is 0. The molecule has 18 nitrogen and oxygen atoms in total. The maximum Gasteiger partial charge on any atom is 1.00 e. The van der Waals surface area contributed by atoms with E-state index >= 15 is 0 Å². The Morgan fingerprint density at radius 1 is 0.394 bits per heavy atom. The van der Waals surface area contributed by atoms with E-state index in [1.165, 1.54) is 36.4 Å². The third-order valence-corrected chi connectivity index (χ3v) is 10.3. The van der Waals surface area contributed by atoms with Crippen LogP contribution in [0.5, 0.6) is 47.0 Å². The SMILES string of the molecule is O=S(=O)([O-])c1cc(Nc2nc(Oc3ccccc3)nc(Oc3ccccc3)n2)ccc1/C=C/c1ccc(Nc2nc(Oc3ccccc3)nc(Oc3ccccc3)n2)cc1S(=O)(=O)[O-].[Na+].[Na+]. The molecule has 0 saturated heterocycles. The Labute approximate surface area is 422 Å². The minimum Gasteiger partial charge on any atom is -0.744 e. The van der Waals surface area contributed by atoms with Crippen molar-refractivity contribution in [2.24, 2.45) is 0 Å². The maximum absolute atomic E-state index is 12.6. The fraction of sp³-hybridized carbons (Fsp3) is 0. The number of benzene rings is 6. The Morgan fingerprint density at radius 3 is 0.924 bits per heavy atom. The molecular formula is C44H30N8Na2O10S2. The molecule has 8 rings (SSSR count). The molecule has 0 fully saturated rings. The van der Waals surface area contributed by atoms with Gasteiger partial charge in [0, 0.05) is 11.4 Å². The van der Waals surface area contributed by atoms with Gasteiger partial charge in [0.25, 0.3) is 0 Å². The zero-order chi connectivity index (χ0) is 44.5. The predicted molar refractivity (Wildman–Crippen MR) is 230 cm³/mol. The molecule has 66 heavy (non-hydrogen) atoms. The van der Waals surface area contributed by atoms with Crippen molar-refractivity contribution in [2.45, 2.75) is 9.79 Å². The van der Waals surface area contributed by atoms with E-state index in [1.54, 1.807) is 121 Å². The van der Waals surface area contributed by atoms with Crippen molar-refractivity contribution < 1.29 is 104 Å². The van der Waals surface area contributed by atoms with E-state index in [0.29, 0.717) is 23.0 Å². The van der Waals surface area contributed by atoms with E-state index in [0.717, 1.165) is 12.1 Å². The minimum atomic E-state index is -5.15. The second-order valence-electron chi connectivity index (χ2n) is 13.1. The monoisotopic (exact) mass is 940 g/mol. The van der Waals surface area contributed by atoms with Crippen molar-refractivity contribution in [2.75, 3.05) is 10.6 Å². The summed E-state index contributed by atoms with van der Waals surface area (Å²) in [7, 11) is -10.3. The van der Waals surface area contributed by atoms with Gasteiger partial charge in [0.15, 0.2) is 0 Å². The van der Waals surface area contributed by atoms with E-state index in [1.807, 2.05) is 0 Å². The Bertz CT molecular complexity index is 2850. The van der Waals surface area contributed by atoms with E-state index in [2.05, 4.69) is 40.5 Å². The molecule has 0 saturated carbocycles. The topological polar surface area (TPSA) is 253 Å². The second-order valence-corrected chi connectivity index (χ2v) is 15.8. The Kier molecular flexibility index (Phi) is 16.6. The van der Waals surface area contributed by atoms with Crippen LogP contribution >= 0.6 is 0 Å². The van der Waals surface area contributed by atoms with Crippen LogP contribution in [0.4, 0.5) is 23.3 Å². The van der Waals surface area contributed by atoms with Crippen molar-refractivity contribution in [1.82, 2.24) is 29.9 Å². The Balaban J connectivity index is 0.00000360. The molecule has 6 aromatic carbocycles. The standard InChI is InChI=1S/C44H32N8O10S2.2Na/c53-63(54,55)37-27-31(45-39-47-41(59-33-13-5-1-6-14-33)51-42(48-39)60-34-15-7-2-8-16-34)25-23-29(37)21-22-30-24-26-32(28-38(30)64(56,57)58)46-40-49-43(61-35-17-9-3-10-18-35)52-44(50-40)62-36-19-11-4-12-20-36;;/h1-28H,(H,53,54,55)(H,56,57,58)(H,45,47,48,51)(H,46,49,50,52);;/q;2*+1/p-2/b22-21+;;. The average Bonchev–Trinajstić information content (AvgIpc) is 3.27. The summed E-state index contributed by atoms with van der Waals surface area (Å²) in [5.41, 5.74) is -0.118. The predicted octanol–water partition coefficient (Wildman–Crippen LogP) is 2.70. The molecule has 22 heteroatoms. The number of hydrogen-bond donors (Lipinski definition) is 2. The number of nitrogens with zero attached hydrogens (tertiary/aromatic N) is 6. The van der Waals surface area contributed by atoms with Crippen molar-refractivity contribution >= 4 is 55.7 Å². The first-order chi connectivity index (χ1) is 30.9. The Hall–Kier alpha value is -6.30. The maximum atomic E-state index is 12.6. The van der Waals surface area contributed by atoms with Crippen molar-refractivity contribution in [3.8, 4) is 47.0 Å². The van der Waals surface area contributed by atoms with Crippen molar-refractivity contribution in [3.63, 3.8) is 0 Å². The number of aromatic nitrogens is 6.